The fourth-order valence-electron chi connectivity index (χ4n) is 1.33. The van der Waals surface area contributed by atoms with Crippen LogP contribution in [0.15, 0.2) is 35.7 Å². The van der Waals surface area contributed by atoms with Crippen molar-refractivity contribution in [2.75, 3.05) is 7.11 Å². The maximum Gasteiger partial charge on any atom is 0.349 e. The number of carbonyl (C=O) groups excluding carboxylic acids is 1. The van der Waals surface area contributed by atoms with E-state index in [-0.39, 0.29) is 5.82 Å². The average molecular weight is 260 g/mol. The molecule has 0 saturated carbocycles. The van der Waals surface area contributed by atoms with Crippen LogP contribution in [0.25, 0.3) is 0 Å². The van der Waals surface area contributed by atoms with Gasteiger partial charge in [-0.15, -0.1) is 11.3 Å². The van der Waals surface area contributed by atoms with Gasteiger partial charge in [0.1, 0.15) is 10.7 Å². The van der Waals surface area contributed by atoms with E-state index >= 15 is 0 Å². The molecule has 2 aromatic rings. The van der Waals surface area contributed by atoms with Crippen molar-refractivity contribution >= 4 is 17.3 Å². The molecule has 18 heavy (non-hydrogen) atoms. The van der Waals surface area contributed by atoms with Crippen molar-refractivity contribution in [3.8, 4) is 11.8 Å². The van der Waals surface area contributed by atoms with Gasteiger partial charge in [-0.25, -0.2) is 9.18 Å². The molecule has 0 atom stereocenters. The van der Waals surface area contributed by atoms with Crippen LogP contribution in [0.3, 0.4) is 0 Å². The summed E-state index contributed by atoms with van der Waals surface area (Å²) >= 11 is 1.28. The molecule has 0 bridgehead atoms. The predicted octanol–water partition coefficient (Wildman–Crippen LogP) is 3.07. The summed E-state index contributed by atoms with van der Waals surface area (Å²) in [6.45, 7) is 0. The lowest BCUT2D eigenvalue weighted by Gasteiger charge is -1.95. The molecule has 0 amide bonds. The molecule has 2 nitrogen and oxygen atoms in total. The molecule has 1 aromatic carbocycles. The normalized spacial score (nSPS) is 9.44. The third-order valence-electron chi connectivity index (χ3n) is 2.22. The van der Waals surface area contributed by atoms with Gasteiger partial charge in [-0.2, -0.15) is 0 Å². The Balaban J connectivity index is 2.27. The monoisotopic (exact) mass is 260 g/mol. The van der Waals surface area contributed by atoms with Gasteiger partial charge in [-0.3, -0.25) is 0 Å². The van der Waals surface area contributed by atoms with Gasteiger partial charge in [0.25, 0.3) is 0 Å². The topological polar surface area (TPSA) is 26.3 Å². The summed E-state index contributed by atoms with van der Waals surface area (Å²) in [6, 6.07) is 7.63. The van der Waals surface area contributed by atoms with Crippen LogP contribution < -0.4 is 0 Å². The number of benzene rings is 1. The van der Waals surface area contributed by atoms with Gasteiger partial charge >= 0.3 is 5.97 Å². The number of thiophene rings is 1. The van der Waals surface area contributed by atoms with Crippen LogP contribution in [0, 0.1) is 17.7 Å². The molecule has 2 rings (SSSR count). The van der Waals surface area contributed by atoms with Crippen molar-refractivity contribution in [2.24, 2.45) is 0 Å². The molecular formula is C14H9FO2S. The Morgan fingerprint density at radius 3 is 2.61 bits per heavy atom. The highest BCUT2D eigenvalue weighted by Gasteiger charge is 2.11. The summed E-state index contributed by atoms with van der Waals surface area (Å²) < 4.78 is 17.4. The zero-order chi connectivity index (χ0) is 13.0. The van der Waals surface area contributed by atoms with Gasteiger partial charge in [0.15, 0.2) is 0 Å². The quantitative estimate of drug-likeness (QED) is 0.582. The van der Waals surface area contributed by atoms with Crippen molar-refractivity contribution in [3.63, 3.8) is 0 Å². The number of carbonyl (C=O) groups is 1. The number of rotatable bonds is 1. The molecule has 0 N–H and O–H groups in total. The highest BCUT2D eigenvalue weighted by Crippen LogP contribution is 2.16. The van der Waals surface area contributed by atoms with Crippen LogP contribution in [-0.4, -0.2) is 13.1 Å². The SMILES string of the molecule is COC(=O)c1sccc1C#Cc1ccc(F)cc1. The molecule has 0 aliphatic heterocycles. The molecule has 0 unspecified atom stereocenters. The van der Waals surface area contributed by atoms with E-state index in [1.807, 2.05) is 0 Å². The molecule has 0 fully saturated rings. The van der Waals surface area contributed by atoms with Crippen LogP contribution >= 0.6 is 11.3 Å². The van der Waals surface area contributed by atoms with Crippen LogP contribution in [0.2, 0.25) is 0 Å². The lowest BCUT2D eigenvalue weighted by Crippen LogP contribution is -1.99. The van der Waals surface area contributed by atoms with Crippen molar-refractivity contribution in [3.05, 3.63) is 57.5 Å². The van der Waals surface area contributed by atoms with E-state index in [1.165, 1.54) is 30.6 Å². The average Bonchev–Trinajstić information content (AvgIpc) is 2.85. The molecule has 0 spiro atoms. The van der Waals surface area contributed by atoms with Gasteiger partial charge in [0, 0.05) is 5.56 Å². The standard InChI is InChI=1S/C14H9FO2S/c1-17-14(16)13-11(8-9-18-13)5-2-10-3-6-12(15)7-4-10/h3-4,6-9H,1H3. The Morgan fingerprint density at radius 2 is 1.94 bits per heavy atom. The van der Waals surface area contributed by atoms with Gasteiger partial charge in [-0.1, -0.05) is 11.8 Å². The van der Waals surface area contributed by atoms with Gasteiger partial charge in [0.05, 0.1) is 12.7 Å². The van der Waals surface area contributed by atoms with Crippen molar-refractivity contribution in [2.45, 2.75) is 0 Å². The summed E-state index contributed by atoms with van der Waals surface area (Å²) in [5.41, 5.74) is 1.31. The Morgan fingerprint density at radius 1 is 1.22 bits per heavy atom. The molecule has 1 heterocycles. The minimum atomic E-state index is -0.395. The van der Waals surface area contributed by atoms with Crippen LogP contribution in [-0.2, 0) is 4.74 Å². The van der Waals surface area contributed by atoms with E-state index in [9.17, 15) is 9.18 Å². The maximum atomic E-state index is 12.7. The Kier molecular flexibility index (Phi) is 3.75. The first-order chi connectivity index (χ1) is 8.70. The van der Waals surface area contributed by atoms with E-state index in [1.54, 1.807) is 23.6 Å². The Hall–Kier alpha value is -2.12. The highest BCUT2D eigenvalue weighted by atomic mass is 32.1. The highest BCUT2D eigenvalue weighted by molar-refractivity contribution is 7.12. The van der Waals surface area contributed by atoms with Crippen molar-refractivity contribution in [1.29, 1.82) is 0 Å². The molecule has 0 aliphatic carbocycles. The second-order valence-electron chi connectivity index (χ2n) is 3.41. The predicted molar refractivity (Wildman–Crippen MR) is 68.0 cm³/mol. The van der Waals surface area contributed by atoms with E-state index in [4.69, 9.17) is 0 Å². The third-order valence-corrected chi connectivity index (χ3v) is 3.12. The first-order valence-corrected chi connectivity index (χ1v) is 6.02. The fraction of sp³-hybridized carbons (Fsp3) is 0.0714. The Bertz CT molecular complexity index is 617. The summed E-state index contributed by atoms with van der Waals surface area (Å²) in [5, 5.41) is 1.78. The largest absolute Gasteiger partial charge is 0.465 e. The molecule has 90 valence electrons. The van der Waals surface area contributed by atoms with E-state index in [0.717, 1.165) is 0 Å². The first-order valence-electron chi connectivity index (χ1n) is 5.14. The van der Waals surface area contributed by atoms with Crippen molar-refractivity contribution in [1.82, 2.24) is 0 Å². The minimum absolute atomic E-state index is 0.300. The zero-order valence-electron chi connectivity index (χ0n) is 9.57. The lowest BCUT2D eigenvalue weighted by atomic mass is 10.2. The van der Waals surface area contributed by atoms with E-state index in [2.05, 4.69) is 16.6 Å². The smallest absolute Gasteiger partial charge is 0.349 e. The van der Waals surface area contributed by atoms with Gasteiger partial charge in [-0.05, 0) is 35.7 Å². The second kappa shape index (κ2) is 5.48. The third kappa shape index (κ3) is 2.76. The lowest BCUT2D eigenvalue weighted by molar-refractivity contribution is 0.0606. The van der Waals surface area contributed by atoms with E-state index < -0.39 is 5.97 Å². The van der Waals surface area contributed by atoms with Gasteiger partial charge in [0.2, 0.25) is 0 Å². The molecule has 1 aromatic heterocycles. The number of ether oxygens (including phenoxy) is 1. The first kappa shape index (κ1) is 12.3. The van der Waals surface area contributed by atoms with E-state index in [0.29, 0.717) is 16.0 Å². The Labute approximate surface area is 108 Å². The summed E-state index contributed by atoms with van der Waals surface area (Å²) in [5.74, 6) is 5.06. The summed E-state index contributed by atoms with van der Waals surface area (Å²) in [6.07, 6.45) is 0. The molecule has 0 saturated heterocycles. The van der Waals surface area contributed by atoms with Crippen molar-refractivity contribution < 1.29 is 13.9 Å². The molecular weight excluding hydrogens is 251 g/mol. The molecule has 4 heteroatoms. The molecule has 0 radical (unpaired) electrons. The summed E-state index contributed by atoms with van der Waals surface area (Å²) in [4.78, 5) is 11.9. The zero-order valence-corrected chi connectivity index (χ0v) is 10.4. The number of methoxy groups -OCH3 is 1. The minimum Gasteiger partial charge on any atom is -0.465 e. The maximum absolute atomic E-state index is 12.7. The molecule has 0 aliphatic rings. The van der Waals surface area contributed by atoms with Gasteiger partial charge < -0.3 is 4.74 Å². The number of halogens is 1. The van der Waals surface area contributed by atoms with Crippen LogP contribution in [0.4, 0.5) is 4.39 Å². The number of hydrogen-bond acceptors (Lipinski definition) is 3. The van der Waals surface area contributed by atoms with Crippen LogP contribution in [0.5, 0.6) is 0 Å². The second-order valence-corrected chi connectivity index (χ2v) is 4.33. The summed E-state index contributed by atoms with van der Waals surface area (Å²) in [7, 11) is 1.33. The number of esters is 1. The fourth-order valence-corrected chi connectivity index (χ4v) is 2.10. The number of hydrogen-bond donors (Lipinski definition) is 0. The van der Waals surface area contributed by atoms with Crippen LogP contribution in [0.1, 0.15) is 20.8 Å².